The van der Waals surface area contributed by atoms with Crippen LogP contribution in [0.15, 0.2) is 46.4 Å². The minimum Gasteiger partial charge on any atom is -0.872 e. The van der Waals surface area contributed by atoms with Crippen LogP contribution in [-0.2, 0) is 16.5 Å². The Hall–Kier alpha value is -2.35. The molecule has 262 valence electrons. The summed E-state index contributed by atoms with van der Waals surface area (Å²) in [6, 6.07) is 12.8. The van der Waals surface area contributed by atoms with Crippen LogP contribution in [0.25, 0.3) is 0 Å². The first-order valence-electron chi connectivity index (χ1n) is 14.9. The van der Waals surface area contributed by atoms with Crippen molar-refractivity contribution in [2.24, 2.45) is 9.98 Å². The van der Waals surface area contributed by atoms with Crippen molar-refractivity contribution in [2.45, 2.75) is 67.2 Å². The Kier molecular flexibility index (Phi) is 14.1. The zero-order valence-corrected chi connectivity index (χ0v) is 33.3. The van der Waals surface area contributed by atoms with E-state index in [-0.39, 0.29) is 59.6 Å². The Labute approximate surface area is 326 Å². The molecule has 4 aromatic rings. The van der Waals surface area contributed by atoms with Gasteiger partial charge in [-0.1, -0.05) is 145 Å². The molecule has 0 radical (unpaired) electrons. The smallest absolute Gasteiger partial charge is 0.872 e. The summed E-state index contributed by atoms with van der Waals surface area (Å²) < 4.78 is 10.9. The topological polar surface area (TPSA) is 89.3 Å². The summed E-state index contributed by atoms with van der Waals surface area (Å²) in [5, 5.41) is 22.0. The summed E-state index contributed by atoms with van der Waals surface area (Å²) in [6.07, 6.45) is 0. The standard InChI is InChI=1S/C24H32N2.C12H2Cl6O4.Ni/c1-15(2)21-13-10-14-22(16(3)4)24(21)26-20(8)19(7)25-23-17(5)11-9-12-18(23)6;13-1-2(14)4(16)10-9(3(1)15)21-11-5(17)7(19)8(20)6(18)12(11)22-10;/h9-16H,1-8H3;19-20H;/q;;+2/p-2. The van der Waals surface area contributed by atoms with Gasteiger partial charge in [0.15, 0.2) is 23.0 Å². The van der Waals surface area contributed by atoms with Crippen molar-refractivity contribution in [3.05, 3.63) is 88.8 Å². The van der Waals surface area contributed by atoms with Crippen LogP contribution in [0.2, 0.25) is 30.1 Å². The number of halogens is 6. The Bertz CT molecular complexity index is 1800. The molecular formula is C36H32Cl6N2NiO4. The molecule has 1 aliphatic heterocycles. The Balaban J connectivity index is 0.000000263. The summed E-state index contributed by atoms with van der Waals surface area (Å²) in [5.74, 6) is -1.86. The maximum atomic E-state index is 11.7. The quantitative estimate of drug-likeness (QED) is 0.0764. The van der Waals surface area contributed by atoms with E-state index in [1.165, 1.54) is 22.3 Å². The van der Waals surface area contributed by atoms with Crippen LogP contribution in [0.3, 0.4) is 0 Å². The first-order chi connectivity index (χ1) is 22.5. The van der Waals surface area contributed by atoms with Crippen LogP contribution >= 0.6 is 69.6 Å². The number of ether oxygens (including phenoxy) is 2. The number of aryl methyl sites for hydroxylation is 2. The van der Waals surface area contributed by atoms with E-state index in [0.717, 1.165) is 22.8 Å². The van der Waals surface area contributed by atoms with Crippen LogP contribution in [0.4, 0.5) is 11.4 Å². The zero-order valence-electron chi connectivity index (χ0n) is 27.7. The molecule has 0 bridgehead atoms. The molecule has 0 N–H and O–H groups in total. The fraction of sp³-hybridized carbons (Fsp3) is 0.278. The third-order valence-corrected chi connectivity index (χ3v) is 10.1. The van der Waals surface area contributed by atoms with Gasteiger partial charge in [0, 0.05) is 0 Å². The second kappa shape index (κ2) is 16.8. The first kappa shape index (κ1) is 41.1. The first-order valence-corrected chi connectivity index (χ1v) is 17.1. The maximum Gasteiger partial charge on any atom is 2.00 e. The molecule has 0 saturated carbocycles. The molecule has 0 unspecified atom stereocenters. The van der Waals surface area contributed by atoms with E-state index in [9.17, 15) is 10.2 Å². The minimum atomic E-state index is -1.03. The van der Waals surface area contributed by atoms with Crippen molar-refractivity contribution in [1.82, 2.24) is 0 Å². The molecule has 1 aliphatic rings. The van der Waals surface area contributed by atoms with Gasteiger partial charge in [-0.25, -0.2) is 0 Å². The number of hydrogen-bond acceptors (Lipinski definition) is 6. The summed E-state index contributed by atoms with van der Waals surface area (Å²) in [6.45, 7) is 17.2. The fourth-order valence-corrected chi connectivity index (χ4v) is 6.20. The predicted octanol–water partition coefficient (Wildman–Crippen LogP) is 13.1. The normalized spacial score (nSPS) is 12.4. The van der Waals surface area contributed by atoms with Crippen LogP contribution < -0.4 is 19.7 Å². The van der Waals surface area contributed by atoms with Crippen molar-refractivity contribution < 1.29 is 36.2 Å². The predicted molar refractivity (Wildman–Crippen MR) is 198 cm³/mol. The van der Waals surface area contributed by atoms with Gasteiger partial charge in [-0.05, 0) is 61.8 Å². The largest absolute Gasteiger partial charge is 2.00 e. The van der Waals surface area contributed by atoms with E-state index < -0.39 is 21.5 Å². The van der Waals surface area contributed by atoms with Crippen LogP contribution in [0.5, 0.6) is 34.5 Å². The van der Waals surface area contributed by atoms with E-state index in [1.54, 1.807) is 0 Å². The number of aliphatic imine (C=N–C) groups is 2. The van der Waals surface area contributed by atoms with Gasteiger partial charge in [-0.15, -0.1) is 0 Å². The number of hydrogen-bond donors (Lipinski definition) is 0. The van der Waals surface area contributed by atoms with E-state index in [2.05, 4.69) is 91.8 Å². The monoisotopic (exact) mass is 824 g/mol. The molecule has 5 rings (SSSR count). The summed E-state index contributed by atoms with van der Waals surface area (Å²) in [4.78, 5) is 9.93. The van der Waals surface area contributed by atoms with Crippen LogP contribution in [0.1, 0.15) is 75.6 Å². The van der Waals surface area contributed by atoms with Crippen molar-refractivity contribution >= 4 is 92.4 Å². The number of fused-ring (bicyclic) bond motifs is 2. The summed E-state index contributed by atoms with van der Waals surface area (Å²) in [7, 11) is 0. The third-order valence-electron chi connectivity index (χ3n) is 7.67. The van der Waals surface area contributed by atoms with Gasteiger partial charge in [-0.2, -0.15) is 0 Å². The zero-order chi connectivity index (χ0) is 35.8. The van der Waals surface area contributed by atoms with Gasteiger partial charge >= 0.3 is 16.5 Å². The fourth-order valence-electron chi connectivity index (χ4n) is 4.89. The second-order valence-electron chi connectivity index (χ2n) is 11.8. The van der Waals surface area contributed by atoms with E-state index >= 15 is 0 Å². The molecule has 49 heavy (non-hydrogen) atoms. The van der Waals surface area contributed by atoms with Crippen LogP contribution in [0, 0.1) is 13.8 Å². The average molecular weight is 828 g/mol. The molecule has 1 heterocycles. The van der Waals surface area contributed by atoms with Gasteiger partial charge in [0.05, 0.1) is 42.9 Å². The number of para-hydroxylation sites is 2. The molecule has 0 amide bonds. The Morgan fingerprint density at radius 2 is 0.878 bits per heavy atom. The van der Waals surface area contributed by atoms with Gasteiger partial charge in [-0.3, -0.25) is 9.98 Å². The molecule has 4 aromatic carbocycles. The number of nitrogens with zero attached hydrogens (tertiary/aromatic N) is 2. The van der Waals surface area contributed by atoms with E-state index in [1.807, 2.05) is 0 Å². The number of rotatable bonds is 5. The maximum absolute atomic E-state index is 11.7. The van der Waals surface area contributed by atoms with Crippen molar-refractivity contribution in [2.75, 3.05) is 0 Å². The minimum absolute atomic E-state index is 0. The molecule has 0 saturated heterocycles. The van der Waals surface area contributed by atoms with Crippen LogP contribution in [-0.4, -0.2) is 11.4 Å². The number of benzene rings is 4. The van der Waals surface area contributed by atoms with Gasteiger partial charge < -0.3 is 19.7 Å². The molecule has 0 spiro atoms. The van der Waals surface area contributed by atoms with Crippen molar-refractivity contribution in [1.29, 1.82) is 0 Å². The van der Waals surface area contributed by atoms with E-state index in [4.69, 9.17) is 89.1 Å². The van der Waals surface area contributed by atoms with Crippen molar-refractivity contribution in [3.63, 3.8) is 0 Å². The molecule has 0 aliphatic carbocycles. The van der Waals surface area contributed by atoms with Crippen molar-refractivity contribution in [3.8, 4) is 34.5 Å². The van der Waals surface area contributed by atoms with E-state index in [0.29, 0.717) is 11.8 Å². The summed E-state index contributed by atoms with van der Waals surface area (Å²) in [5.41, 5.74) is 9.11. The Morgan fingerprint density at radius 1 is 0.551 bits per heavy atom. The second-order valence-corrected chi connectivity index (χ2v) is 14.1. The Morgan fingerprint density at radius 3 is 1.24 bits per heavy atom. The molecule has 0 fully saturated rings. The molecule has 0 atom stereocenters. The summed E-state index contributed by atoms with van der Waals surface area (Å²) >= 11 is 35.5. The average Bonchev–Trinajstić information content (AvgIpc) is 3.05. The SMILES string of the molecule is CC(=Nc1c(C)cccc1C)C(C)=Nc1c(C(C)C)cccc1C(C)C.[Ni+2].[O-]c1c([O-])c(Cl)c2c(c1Cl)Oc1c(Cl)c(Cl)c(Cl)c(Cl)c1O2. The molecule has 0 aromatic heterocycles. The van der Waals surface area contributed by atoms with Gasteiger partial charge in [0.2, 0.25) is 0 Å². The molecule has 6 nitrogen and oxygen atoms in total. The molecular weight excluding hydrogens is 796 g/mol. The molecule has 13 heteroatoms. The van der Waals surface area contributed by atoms with Gasteiger partial charge in [0.25, 0.3) is 0 Å². The van der Waals surface area contributed by atoms with Gasteiger partial charge in [0.1, 0.15) is 10.0 Å². The third kappa shape index (κ3) is 8.42.